The predicted molar refractivity (Wildman–Crippen MR) is 78.1 cm³/mol. The van der Waals surface area contributed by atoms with Crippen molar-refractivity contribution in [2.45, 2.75) is 38.9 Å². The van der Waals surface area contributed by atoms with Crippen molar-refractivity contribution in [2.24, 2.45) is 5.92 Å². The highest BCUT2D eigenvalue weighted by Crippen LogP contribution is 2.32. The van der Waals surface area contributed by atoms with Gasteiger partial charge in [0.2, 0.25) is 0 Å². The summed E-state index contributed by atoms with van der Waals surface area (Å²) in [5, 5.41) is 3.33. The standard InChI is InChI=1S/C16H24F3NO/c1-4-8-20-15(9-12(2)11-21-3)13-6-5-7-14(10-13)16(17,18)19/h5-7,10,12,15,20H,4,8-9,11H2,1-3H3. The summed E-state index contributed by atoms with van der Waals surface area (Å²) in [6, 6.07) is 5.49. The van der Waals surface area contributed by atoms with Crippen molar-refractivity contribution in [1.82, 2.24) is 5.32 Å². The topological polar surface area (TPSA) is 21.3 Å². The summed E-state index contributed by atoms with van der Waals surface area (Å²) >= 11 is 0. The van der Waals surface area contributed by atoms with Gasteiger partial charge in [0.15, 0.2) is 0 Å². The molecule has 5 heteroatoms. The van der Waals surface area contributed by atoms with Crippen molar-refractivity contribution < 1.29 is 17.9 Å². The first-order valence-electron chi connectivity index (χ1n) is 7.28. The molecule has 0 aliphatic heterocycles. The molecule has 0 spiro atoms. The summed E-state index contributed by atoms with van der Waals surface area (Å²) in [5.41, 5.74) is 0.0870. The summed E-state index contributed by atoms with van der Waals surface area (Å²) in [5.74, 6) is 0.277. The Bertz CT molecular complexity index is 420. The highest BCUT2D eigenvalue weighted by molar-refractivity contribution is 5.28. The lowest BCUT2D eigenvalue weighted by Gasteiger charge is -2.23. The maximum absolute atomic E-state index is 12.8. The number of halogens is 3. The number of hydrogen-bond acceptors (Lipinski definition) is 2. The maximum Gasteiger partial charge on any atom is 0.416 e. The van der Waals surface area contributed by atoms with E-state index < -0.39 is 11.7 Å². The largest absolute Gasteiger partial charge is 0.416 e. The fourth-order valence-corrected chi connectivity index (χ4v) is 2.34. The molecule has 0 heterocycles. The first-order chi connectivity index (χ1) is 9.88. The normalized spacial score (nSPS) is 15.0. The molecule has 0 aliphatic rings. The summed E-state index contributed by atoms with van der Waals surface area (Å²) in [6.45, 7) is 5.45. The van der Waals surface area contributed by atoms with Crippen LogP contribution in [-0.4, -0.2) is 20.3 Å². The fourth-order valence-electron chi connectivity index (χ4n) is 2.34. The molecule has 21 heavy (non-hydrogen) atoms. The fraction of sp³-hybridized carbons (Fsp3) is 0.625. The van der Waals surface area contributed by atoms with Crippen LogP contribution in [-0.2, 0) is 10.9 Å². The Morgan fingerprint density at radius 1 is 1.29 bits per heavy atom. The van der Waals surface area contributed by atoms with E-state index in [1.54, 1.807) is 13.2 Å². The van der Waals surface area contributed by atoms with Crippen molar-refractivity contribution >= 4 is 0 Å². The van der Waals surface area contributed by atoms with E-state index in [1.807, 2.05) is 13.8 Å². The van der Waals surface area contributed by atoms with Gasteiger partial charge in [0.25, 0.3) is 0 Å². The molecule has 1 aromatic rings. The number of benzene rings is 1. The maximum atomic E-state index is 12.8. The summed E-state index contributed by atoms with van der Waals surface area (Å²) in [6.07, 6.45) is -2.62. The molecule has 1 N–H and O–H groups in total. The molecule has 0 radical (unpaired) electrons. The van der Waals surface area contributed by atoms with Gasteiger partial charge < -0.3 is 10.1 Å². The summed E-state index contributed by atoms with van der Waals surface area (Å²) in [4.78, 5) is 0. The van der Waals surface area contributed by atoms with Gasteiger partial charge in [-0.3, -0.25) is 0 Å². The van der Waals surface area contributed by atoms with Crippen LogP contribution in [0.25, 0.3) is 0 Å². The molecule has 2 unspecified atom stereocenters. The van der Waals surface area contributed by atoms with Crippen molar-refractivity contribution in [2.75, 3.05) is 20.3 Å². The van der Waals surface area contributed by atoms with Gasteiger partial charge in [-0.05, 0) is 43.0 Å². The minimum Gasteiger partial charge on any atom is -0.384 e. The van der Waals surface area contributed by atoms with E-state index in [2.05, 4.69) is 5.32 Å². The number of ether oxygens (including phenoxy) is 1. The molecule has 2 atom stereocenters. The van der Waals surface area contributed by atoms with Crippen LogP contribution in [0.1, 0.15) is 43.9 Å². The molecular formula is C16H24F3NO. The Morgan fingerprint density at radius 3 is 2.57 bits per heavy atom. The molecule has 120 valence electrons. The summed E-state index contributed by atoms with van der Waals surface area (Å²) in [7, 11) is 1.63. The van der Waals surface area contributed by atoms with E-state index in [0.29, 0.717) is 12.2 Å². The van der Waals surface area contributed by atoms with E-state index in [-0.39, 0.29) is 12.0 Å². The Balaban J connectivity index is 2.91. The SMILES string of the molecule is CCCNC(CC(C)COC)c1cccc(C(F)(F)F)c1. The van der Waals surface area contributed by atoms with E-state index in [1.165, 1.54) is 12.1 Å². The van der Waals surface area contributed by atoms with Gasteiger partial charge in [-0.2, -0.15) is 13.2 Å². The minimum absolute atomic E-state index is 0.0857. The van der Waals surface area contributed by atoms with Gasteiger partial charge in [-0.1, -0.05) is 26.0 Å². The molecule has 1 rings (SSSR count). The van der Waals surface area contributed by atoms with E-state index in [9.17, 15) is 13.2 Å². The number of alkyl halides is 3. The van der Waals surface area contributed by atoms with Gasteiger partial charge in [-0.15, -0.1) is 0 Å². The number of hydrogen-bond donors (Lipinski definition) is 1. The van der Waals surface area contributed by atoms with Crippen LogP contribution in [0, 0.1) is 5.92 Å². The lowest BCUT2D eigenvalue weighted by molar-refractivity contribution is -0.137. The monoisotopic (exact) mass is 303 g/mol. The van der Waals surface area contributed by atoms with Gasteiger partial charge in [0.05, 0.1) is 5.56 Å². The van der Waals surface area contributed by atoms with Crippen molar-refractivity contribution in [1.29, 1.82) is 0 Å². The second kappa shape index (κ2) is 8.39. The third kappa shape index (κ3) is 6.06. The molecule has 0 amide bonds. The molecule has 0 fully saturated rings. The predicted octanol–water partition coefficient (Wildman–Crippen LogP) is 4.42. The highest BCUT2D eigenvalue weighted by Gasteiger charge is 2.31. The molecular weight excluding hydrogens is 279 g/mol. The zero-order valence-electron chi connectivity index (χ0n) is 12.8. The van der Waals surface area contributed by atoms with Crippen LogP contribution in [0.15, 0.2) is 24.3 Å². The molecule has 0 aromatic heterocycles. The average molecular weight is 303 g/mol. The smallest absolute Gasteiger partial charge is 0.384 e. The van der Waals surface area contributed by atoms with Crippen molar-refractivity contribution in [3.05, 3.63) is 35.4 Å². The second-order valence-electron chi connectivity index (χ2n) is 5.43. The van der Waals surface area contributed by atoms with E-state index in [4.69, 9.17) is 4.74 Å². The highest BCUT2D eigenvalue weighted by atomic mass is 19.4. The average Bonchev–Trinajstić information content (AvgIpc) is 2.43. The Hall–Kier alpha value is -1.07. The third-order valence-electron chi connectivity index (χ3n) is 3.35. The van der Waals surface area contributed by atoms with Crippen LogP contribution in [0.3, 0.4) is 0 Å². The third-order valence-corrected chi connectivity index (χ3v) is 3.35. The number of methoxy groups -OCH3 is 1. The van der Waals surface area contributed by atoms with Crippen LogP contribution < -0.4 is 5.32 Å². The zero-order chi connectivity index (χ0) is 15.9. The minimum atomic E-state index is -4.30. The van der Waals surface area contributed by atoms with E-state index >= 15 is 0 Å². The van der Waals surface area contributed by atoms with Crippen molar-refractivity contribution in [3.8, 4) is 0 Å². The van der Waals surface area contributed by atoms with Crippen LogP contribution >= 0.6 is 0 Å². The second-order valence-corrected chi connectivity index (χ2v) is 5.43. The van der Waals surface area contributed by atoms with Crippen LogP contribution in [0.4, 0.5) is 13.2 Å². The Kier molecular flexibility index (Phi) is 7.18. The van der Waals surface area contributed by atoms with Crippen LogP contribution in [0.5, 0.6) is 0 Å². The Morgan fingerprint density at radius 2 is 2.00 bits per heavy atom. The summed E-state index contributed by atoms with van der Waals surface area (Å²) < 4.78 is 43.6. The molecule has 0 saturated heterocycles. The van der Waals surface area contributed by atoms with Crippen LogP contribution in [0.2, 0.25) is 0 Å². The Labute approximate surface area is 124 Å². The molecule has 1 aromatic carbocycles. The molecule has 0 aliphatic carbocycles. The number of nitrogens with one attached hydrogen (secondary N) is 1. The van der Waals surface area contributed by atoms with Gasteiger partial charge >= 0.3 is 6.18 Å². The zero-order valence-corrected chi connectivity index (χ0v) is 12.8. The molecule has 2 nitrogen and oxygen atoms in total. The van der Waals surface area contributed by atoms with E-state index in [0.717, 1.165) is 25.5 Å². The van der Waals surface area contributed by atoms with Gasteiger partial charge in [0.1, 0.15) is 0 Å². The molecule has 0 saturated carbocycles. The van der Waals surface area contributed by atoms with Gasteiger partial charge in [-0.25, -0.2) is 0 Å². The molecule has 0 bridgehead atoms. The first kappa shape index (κ1) is 18.0. The lowest BCUT2D eigenvalue weighted by Crippen LogP contribution is -2.25. The quantitative estimate of drug-likeness (QED) is 0.767. The number of rotatable bonds is 8. The van der Waals surface area contributed by atoms with Gasteiger partial charge in [0, 0.05) is 19.8 Å². The van der Waals surface area contributed by atoms with Crippen molar-refractivity contribution in [3.63, 3.8) is 0 Å². The first-order valence-corrected chi connectivity index (χ1v) is 7.28. The lowest BCUT2D eigenvalue weighted by atomic mass is 9.95.